The van der Waals surface area contributed by atoms with Crippen LogP contribution in [0, 0.1) is 11.3 Å². The van der Waals surface area contributed by atoms with Crippen LogP contribution < -0.4 is 10.6 Å². The van der Waals surface area contributed by atoms with E-state index in [9.17, 15) is 4.79 Å². The van der Waals surface area contributed by atoms with Crippen molar-refractivity contribution in [3.8, 4) is 6.07 Å². The zero-order valence-corrected chi connectivity index (χ0v) is 13.2. The number of hydrogen-bond acceptors (Lipinski definition) is 4. The molecule has 1 aromatic heterocycles. The quantitative estimate of drug-likeness (QED) is 0.637. The second kappa shape index (κ2) is 7.96. The molecule has 110 valence electrons. The highest BCUT2D eigenvalue weighted by atomic mass is 79.9. The topological polar surface area (TPSA) is 77.8 Å². The summed E-state index contributed by atoms with van der Waals surface area (Å²) < 4.78 is 0.908. The van der Waals surface area contributed by atoms with Gasteiger partial charge in [-0.15, -0.1) is 0 Å². The Hall–Kier alpha value is -2.65. The van der Waals surface area contributed by atoms with Gasteiger partial charge in [0.15, 0.2) is 0 Å². The molecule has 0 aliphatic heterocycles. The molecule has 22 heavy (non-hydrogen) atoms. The molecule has 0 radical (unpaired) electrons. The molecule has 5 nitrogen and oxygen atoms in total. The summed E-state index contributed by atoms with van der Waals surface area (Å²) >= 11 is 3.36. The number of nitrogens with zero attached hydrogens (tertiary/aromatic N) is 2. The van der Waals surface area contributed by atoms with E-state index >= 15 is 0 Å². The molecular formula is C16H13BrN4O. The molecule has 0 spiro atoms. The van der Waals surface area contributed by atoms with Gasteiger partial charge in [-0.2, -0.15) is 5.26 Å². The lowest BCUT2D eigenvalue weighted by molar-refractivity contribution is -0.117. The maximum absolute atomic E-state index is 12.0. The predicted octanol–water partition coefficient (Wildman–Crippen LogP) is 2.98. The summed E-state index contributed by atoms with van der Waals surface area (Å²) in [5.74, 6) is -0.436. The van der Waals surface area contributed by atoms with Crippen molar-refractivity contribution in [1.29, 1.82) is 5.26 Å². The Morgan fingerprint density at radius 3 is 2.91 bits per heavy atom. The van der Waals surface area contributed by atoms with E-state index in [4.69, 9.17) is 5.26 Å². The first-order chi connectivity index (χ1) is 10.7. The van der Waals surface area contributed by atoms with Crippen molar-refractivity contribution < 1.29 is 4.79 Å². The summed E-state index contributed by atoms with van der Waals surface area (Å²) in [4.78, 5) is 15.9. The minimum absolute atomic E-state index is 0.00358. The van der Waals surface area contributed by atoms with E-state index in [0.29, 0.717) is 6.54 Å². The molecule has 0 atom stereocenters. The Labute approximate surface area is 136 Å². The Morgan fingerprint density at radius 2 is 2.23 bits per heavy atom. The van der Waals surface area contributed by atoms with E-state index < -0.39 is 5.91 Å². The standard InChI is InChI=1S/C16H13BrN4O/c17-14-4-1-5-15(7-14)20-11-13(8-18)16(22)21-10-12-3-2-6-19-9-12/h1-7,9,11,20H,10H2,(H,21,22)/b13-11-. The smallest absolute Gasteiger partial charge is 0.263 e. The molecule has 0 saturated carbocycles. The third-order valence-electron chi connectivity index (χ3n) is 2.75. The molecule has 1 amide bonds. The second-order valence-corrected chi connectivity index (χ2v) is 5.28. The van der Waals surface area contributed by atoms with Gasteiger partial charge in [0, 0.05) is 35.3 Å². The van der Waals surface area contributed by atoms with Crippen molar-refractivity contribution in [2.24, 2.45) is 0 Å². The van der Waals surface area contributed by atoms with Gasteiger partial charge < -0.3 is 10.6 Å². The number of anilines is 1. The van der Waals surface area contributed by atoms with E-state index in [1.807, 2.05) is 36.4 Å². The number of benzene rings is 1. The molecule has 1 aromatic carbocycles. The first-order valence-corrected chi connectivity index (χ1v) is 7.28. The number of nitriles is 1. The van der Waals surface area contributed by atoms with Gasteiger partial charge in [-0.05, 0) is 29.8 Å². The van der Waals surface area contributed by atoms with E-state index in [-0.39, 0.29) is 5.57 Å². The van der Waals surface area contributed by atoms with Crippen molar-refractivity contribution in [2.75, 3.05) is 5.32 Å². The van der Waals surface area contributed by atoms with Crippen molar-refractivity contribution in [1.82, 2.24) is 10.3 Å². The predicted molar refractivity (Wildman–Crippen MR) is 87.5 cm³/mol. The van der Waals surface area contributed by atoms with Crippen LogP contribution in [-0.2, 0) is 11.3 Å². The number of carbonyl (C=O) groups excluding carboxylic acids is 1. The number of hydrogen-bond donors (Lipinski definition) is 2. The lowest BCUT2D eigenvalue weighted by atomic mass is 10.2. The first kappa shape index (κ1) is 15.7. The molecule has 0 aliphatic rings. The fourth-order valence-electron chi connectivity index (χ4n) is 1.66. The van der Waals surface area contributed by atoms with Gasteiger partial charge in [-0.25, -0.2) is 0 Å². The van der Waals surface area contributed by atoms with Crippen LogP contribution in [0.4, 0.5) is 5.69 Å². The molecule has 2 aromatic rings. The van der Waals surface area contributed by atoms with Crippen molar-refractivity contribution in [3.63, 3.8) is 0 Å². The third-order valence-corrected chi connectivity index (χ3v) is 3.24. The molecule has 0 aliphatic carbocycles. The molecule has 0 unspecified atom stereocenters. The Balaban J connectivity index is 1.97. The van der Waals surface area contributed by atoms with Crippen molar-refractivity contribution in [3.05, 3.63) is 70.6 Å². The van der Waals surface area contributed by atoms with Crippen LogP contribution >= 0.6 is 15.9 Å². The van der Waals surface area contributed by atoms with Crippen LogP contribution in [0.1, 0.15) is 5.56 Å². The van der Waals surface area contributed by atoms with Crippen LogP contribution in [0.25, 0.3) is 0 Å². The lowest BCUT2D eigenvalue weighted by Crippen LogP contribution is -2.24. The fraction of sp³-hybridized carbons (Fsp3) is 0.0625. The fourth-order valence-corrected chi connectivity index (χ4v) is 2.06. The summed E-state index contributed by atoms with van der Waals surface area (Å²) in [7, 11) is 0. The summed E-state index contributed by atoms with van der Waals surface area (Å²) in [5.41, 5.74) is 1.65. The third kappa shape index (κ3) is 4.72. The minimum atomic E-state index is -0.436. The van der Waals surface area contributed by atoms with Gasteiger partial charge in [0.1, 0.15) is 11.6 Å². The summed E-state index contributed by atoms with van der Waals surface area (Å²) in [6, 6.07) is 13.0. The average molecular weight is 357 g/mol. The average Bonchev–Trinajstić information content (AvgIpc) is 2.54. The van der Waals surface area contributed by atoms with Crippen LogP contribution in [-0.4, -0.2) is 10.9 Å². The summed E-state index contributed by atoms with van der Waals surface area (Å²) in [6.45, 7) is 0.322. The summed E-state index contributed by atoms with van der Waals surface area (Å²) in [5, 5.41) is 14.7. The highest BCUT2D eigenvalue weighted by Gasteiger charge is 2.08. The van der Waals surface area contributed by atoms with E-state index in [0.717, 1.165) is 15.7 Å². The summed E-state index contributed by atoms with van der Waals surface area (Å²) in [6.07, 6.45) is 4.71. The zero-order valence-electron chi connectivity index (χ0n) is 11.6. The van der Waals surface area contributed by atoms with E-state index in [1.165, 1.54) is 6.20 Å². The first-order valence-electron chi connectivity index (χ1n) is 6.48. The van der Waals surface area contributed by atoms with Crippen LogP contribution in [0.2, 0.25) is 0 Å². The molecule has 6 heteroatoms. The highest BCUT2D eigenvalue weighted by molar-refractivity contribution is 9.10. The SMILES string of the molecule is N#C/C(=C/Nc1cccc(Br)c1)C(=O)NCc1cccnc1. The Morgan fingerprint density at radius 1 is 1.36 bits per heavy atom. The maximum Gasteiger partial charge on any atom is 0.263 e. The van der Waals surface area contributed by atoms with Gasteiger partial charge in [-0.3, -0.25) is 9.78 Å². The van der Waals surface area contributed by atoms with Gasteiger partial charge in [0.25, 0.3) is 5.91 Å². The molecule has 0 saturated heterocycles. The molecule has 2 N–H and O–H groups in total. The molecule has 1 heterocycles. The normalized spacial score (nSPS) is 10.6. The lowest BCUT2D eigenvalue weighted by Gasteiger charge is -2.05. The van der Waals surface area contributed by atoms with Gasteiger partial charge >= 0.3 is 0 Å². The second-order valence-electron chi connectivity index (χ2n) is 4.37. The molecule has 0 fully saturated rings. The van der Waals surface area contributed by atoms with Crippen LogP contribution in [0.15, 0.2) is 65.0 Å². The molecular weight excluding hydrogens is 344 g/mol. The van der Waals surface area contributed by atoms with Gasteiger partial charge in [0.05, 0.1) is 0 Å². The number of halogens is 1. The minimum Gasteiger partial charge on any atom is -0.360 e. The number of rotatable bonds is 5. The molecule has 2 rings (SSSR count). The molecule has 0 bridgehead atoms. The number of aromatic nitrogens is 1. The Bertz CT molecular complexity index is 722. The number of nitrogens with one attached hydrogen (secondary N) is 2. The number of amides is 1. The highest BCUT2D eigenvalue weighted by Crippen LogP contribution is 2.15. The number of pyridine rings is 1. The van der Waals surface area contributed by atoms with Crippen LogP contribution in [0.5, 0.6) is 0 Å². The van der Waals surface area contributed by atoms with Gasteiger partial charge in [-0.1, -0.05) is 28.1 Å². The van der Waals surface area contributed by atoms with E-state index in [2.05, 4.69) is 31.5 Å². The zero-order chi connectivity index (χ0) is 15.8. The maximum atomic E-state index is 12.0. The van der Waals surface area contributed by atoms with E-state index in [1.54, 1.807) is 18.5 Å². The van der Waals surface area contributed by atoms with Crippen LogP contribution in [0.3, 0.4) is 0 Å². The van der Waals surface area contributed by atoms with Gasteiger partial charge in [0.2, 0.25) is 0 Å². The van der Waals surface area contributed by atoms with Crippen molar-refractivity contribution in [2.45, 2.75) is 6.54 Å². The number of carbonyl (C=O) groups is 1. The Kier molecular flexibility index (Phi) is 5.69. The largest absolute Gasteiger partial charge is 0.360 e. The van der Waals surface area contributed by atoms with Crippen molar-refractivity contribution >= 4 is 27.5 Å². The monoisotopic (exact) mass is 356 g/mol.